The second kappa shape index (κ2) is 5.62. The third kappa shape index (κ3) is 2.32. The van der Waals surface area contributed by atoms with Crippen molar-refractivity contribution in [2.45, 2.75) is 0 Å². The van der Waals surface area contributed by atoms with Crippen LogP contribution in [0.25, 0.3) is 11.5 Å². The Kier molecular flexibility index (Phi) is 3.31. The van der Waals surface area contributed by atoms with Crippen molar-refractivity contribution < 1.29 is 4.74 Å². The van der Waals surface area contributed by atoms with Crippen molar-refractivity contribution in [2.75, 3.05) is 18.1 Å². The SMILES string of the molecule is Cn1ccc(-c2ncc3c(n2)N(c2ccncc2C#N)CCO3)n1. The molecule has 24 heavy (non-hydrogen) atoms. The molecule has 8 nitrogen and oxygen atoms in total. The molecule has 0 saturated carbocycles. The van der Waals surface area contributed by atoms with E-state index in [0.717, 1.165) is 5.69 Å². The fraction of sp³-hybridized carbons (Fsp3) is 0.188. The molecule has 0 N–H and O–H groups in total. The Morgan fingerprint density at radius 2 is 2.21 bits per heavy atom. The molecule has 0 aromatic carbocycles. The first kappa shape index (κ1) is 14.1. The van der Waals surface area contributed by atoms with Crippen molar-refractivity contribution in [3.05, 3.63) is 42.5 Å². The maximum atomic E-state index is 9.34. The topological polar surface area (TPSA) is 92.8 Å². The molecule has 0 aliphatic carbocycles. The van der Waals surface area contributed by atoms with E-state index in [-0.39, 0.29) is 0 Å². The number of aromatic nitrogens is 5. The van der Waals surface area contributed by atoms with Gasteiger partial charge in [0.1, 0.15) is 18.4 Å². The van der Waals surface area contributed by atoms with Gasteiger partial charge < -0.3 is 9.64 Å². The number of ether oxygens (including phenoxy) is 1. The van der Waals surface area contributed by atoms with E-state index in [9.17, 15) is 5.26 Å². The minimum absolute atomic E-state index is 0.489. The molecule has 3 aromatic heterocycles. The van der Waals surface area contributed by atoms with E-state index >= 15 is 0 Å². The van der Waals surface area contributed by atoms with Crippen LogP contribution in [0.4, 0.5) is 11.5 Å². The number of nitriles is 1. The third-order valence-electron chi connectivity index (χ3n) is 3.72. The monoisotopic (exact) mass is 319 g/mol. The van der Waals surface area contributed by atoms with Crippen molar-refractivity contribution in [1.82, 2.24) is 24.7 Å². The summed E-state index contributed by atoms with van der Waals surface area (Å²) in [5, 5.41) is 13.7. The van der Waals surface area contributed by atoms with Gasteiger partial charge in [0.05, 0.1) is 24.0 Å². The zero-order valence-corrected chi connectivity index (χ0v) is 12.9. The lowest BCUT2D eigenvalue weighted by atomic mass is 10.2. The highest BCUT2D eigenvalue weighted by Gasteiger charge is 2.24. The lowest BCUT2D eigenvalue weighted by Crippen LogP contribution is -2.30. The summed E-state index contributed by atoms with van der Waals surface area (Å²) in [4.78, 5) is 14.9. The summed E-state index contributed by atoms with van der Waals surface area (Å²) >= 11 is 0. The summed E-state index contributed by atoms with van der Waals surface area (Å²) < 4.78 is 7.35. The molecule has 0 amide bonds. The van der Waals surface area contributed by atoms with E-state index in [2.05, 4.69) is 26.1 Å². The van der Waals surface area contributed by atoms with E-state index in [1.54, 1.807) is 29.3 Å². The minimum Gasteiger partial charge on any atom is -0.486 e. The number of fused-ring (bicyclic) bond motifs is 1. The van der Waals surface area contributed by atoms with E-state index < -0.39 is 0 Å². The smallest absolute Gasteiger partial charge is 0.182 e. The standard InChI is InChI=1S/C16H13N7O/c1-22-5-3-12(21-22)15-19-10-14-16(20-15)23(6-7-24-14)13-2-4-18-9-11(13)8-17/h2-5,9-10H,6-7H2,1H3. The van der Waals surface area contributed by atoms with Gasteiger partial charge in [0.15, 0.2) is 17.4 Å². The first-order chi connectivity index (χ1) is 11.8. The molecule has 0 radical (unpaired) electrons. The highest BCUT2D eigenvalue weighted by atomic mass is 16.5. The average molecular weight is 319 g/mol. The van der Waals surface area contributed by atoms with Crippen LogP contribution in [0.2, 0.25) is 0 Å². The number of hydrogen-bond donors (Lipinski definition) is 0. The van der Waals surface area contributed by atoms with Crippen LogP contribution in [0.3, 0.4) is 0 Å². The summed E-state index contributed by atoms with van der Waals surface area (Å²) in [6.45, 7) is 1.08. The fourth-order valence-electron chi connectivity index (χ4n) is 2.61. The average Bonchev–Trinajstić information content (AvgIpc) is 3.07. The Bertz CT molecular complexity index is 944. The first-order valence-corrected chi connectivity index (χ1v) is 7.38. The molecule has 8 heteroatoms. The molecule has 118 valence electrons. The summed E-state index contributed by atoms with van der Waals surface area (Å²) in [5.41, 5.74) is 1.92. The summed E-state index contributed by atoms with van der Waals surface area (Å²) in [7, 11) is 1.84. The van der Waals surface area contributed by atoms with Crippen molar-refractivity contribution >= 4 is 11.5 Å². The van der Waals surface area contributed by atoms with Crippen LogP contribution < -0.4 is 9.64 Å². The van der Waals surface area contributed by atoms with Gasteiger partial charge >= 0.3 is 0 Å². The van der Waals surface area contributed by atoms with Crippen LogP contribution in [-0.4, -0.2) is 37.9 Å². The fourth-order valence-corrected chi connectivity index (χ4v) is 2.61. The molecule has 0 bridgehead atoms. The highest BCUT2D eigenvalue weighted by molar-refractivity contribution is 5.72. The minimum atomic E-state index is 0.489. The number of nitrogens with zero attached hydrogens (tertiary/aromatic N) is 7. The molecular weight excluding hydrogens is 306 g/mol. The van der Waals surface area contributed by atoms with Crippen molar-refractivity contribution in [3.8, 4) is 23.3 Å². The predicted molar refractivity (Wildman–Crippen MR) is 85.7 cm³/mol. The van der Waals surface area contributed by atoms with Gasteiger partial charge in [-0.3, -0.25) is 9.67 Å². The Labute approximate surface area is 138 Å². The molecule has 0 atom stereocenters. The summed E-state index contributed by atoms with van der Waals surface area (Å²) in [6.07, 6.45) is 6.69. The van der Waals surface area contributed by atoms with Gasteiger partial charge in [0.25, 0.3) is 0 Å². The van der Waals surface area contributed by atoms with E-state index in [4.69, 9.17) is 4.74 Å². The Morgan fingerprint density at radius 1 is 1.29 bits per heavy atom. The molecule has 0 saturated heterocycles. The maximum absolute atomic E-state index is 9.34. The third-order valence-corrected chi connectivity index (χ3v) is 3.72. The molecule has 0 spiro atoms. The van der Waals surface area contributed by atoms with E-state index in [0.29, 0.717) is 41.8 Å². The number of rotatable bonds is 2. The largest absolute Gasteiger partial charge is 0.486 e. The van der Waals surface area contributed by atoms with E-state index in [1.807, 2.05) is 24.2 Å². The van der Waals surface area contributed by atoms with Gasteiger partial charge in [-0.2, -0.15) is 10.4 Å². The van der Waals surface area contributed by atoms with Crippen LogP contribution >= 0.6 is 0 Å². The lowest BCUT2D eigenvalue weighted by molar-refractivity contribution is 0.310. The number of hydrogen-bond acceptors (Lipinski definition) is 7. The lowest BCUT2D eigenvalue weighted by Gasteiger charge is -2.30. The second-order valence-electron chi connectivity index (χ2n) is 5.26. The molecule has 0 unspecified atom stereocenters. The zero-order chi connectivity index (χ0) is 16.5. The Hall–Kier alpha value is -3.47. The van der Waals surface area contributed by atoms with Crippen molar-refractivity contribution in [2.24, 2.45) is 7.05 Å². The number of aryl methyl sites for hydroxylation is 1. The van der Waals surface area contributed by atoms with Gasteiger partial charge in [-0.15, -0.1) is 0 Å². The molecule has 1 aliphatic heterocycles. The number of pyridine rings is 1. The predicted octanol–water partition coefficient (Wildman–Crippen LogP) is 1.67. The van der Waals surface area contributed by atoms with Gasteiger partial charge in [-0.1, -0.05) is 0 Å². The molecule has 4 heterocycles. The second-order valence-corrected chi connectivity index (χ2v) is 5.26. The molecule has 4 rings (SSSR count). The van der Waals surface area contributed by atoms with Crippen LogP contribution in [0.5, 0.6) is 5.75 Å². The summed E-state index contributed by atoms with van der Waals surface area (Å²) in [6, 6.07) is 5.82. The van der Waals surface area contributed by atoms with Gasteiger partial charge in [-0.25, -0.2) is 9.97 Å². The first-order valence-electron chi connectivity index (χ1n) is 7.38. The molecule has 0 fully saturated rings. The van der Waals surface area contributed by atoms with Crippen LogP contribution in [-0.2, 0) is 7.05 Å². The summed E-state index contributed by atoms with van der Waals surface area (Å²) in [5.74, 6) is 1.72. The molecular formula is C16H13N7O. The number of anilines is 2. The zero-order valence-electron chi connectivity index (χ0n) is 12.9. The molecule has 3 aromatic rings. The quantitative estimate of drug-likeness (QED) is 0.709. The van der Waals surface area contributed by atoms with Crippen LogP contribution in [0.1, 0.15) is 5.56 Å². The Balaban J connectivity index is 1.83. The van der Waals surface area contributed by atoms with Crippen LogP contribution in [0, 0.1) is 11.3 Å². The molecule has 1 aliphatic rings. The Morgan fingerprint density at radius 3 is 3.00 bits per heavy atom. The normalized spacial score (nSPS) is 13.1. The van der Waals surface area contributed by atoms with Crippen molar-refractivity contribution in [1.29, 1.82) is 5.26 Å². The van der Waals surface area contributed by atoms with Gasteiger partial charge in [-0.05, 0) is 12.1 Å². The van der Waals surface area contributed by atoms with Crippen molar-refractivity contribution in [3.63, 3.8) is 0 Å². The van der Waals surface area contributed by atoms with Gasteiger partial charge in [0, 0.05) is 25.6 Å². The maximum Gasteiger partial charge on any atom is 0.182 e. The van der Waals surface area contributed by atoms with E-state index in [1.165, 1.54) is 0 Å². The highest BCUT2D eigenvalue weighted by Crippen LogP contribution is 2.36. The van der Waals surface area contributed by atoms with Crippen LogP contribution in [0.15, 0.2) is 36.9 Å². The van der Waals surface area contributed by atoms with Gasteiger partial charge in [0.2, 0.25) is 0 Å².